The Labute approximate surface area is 103 Å². The highest BCUT2D eigenvalue weighted by Gasteiger charge is 2.10. The maximum absolute atomic E-state index is 11.5. The van der Waals surface area contributed by atoms with Crippen LogP contribution in [0.25, 0.3) is 0 Å². The zero-order valence-corrected chi connectivity index (χ0v) is 11.1. The Morgan fingerprint density at radius 2 is 1.82 bits per heavy atom. The van der Waals surface area contributed by atoms with E-state index in [9.17, 15) is 8.42 Å². The first-order valence-corrected chi connectivity index (χ1v) is 7.39. The maximum atomic E-state index is 11.5. The van der Waals surface area contributed by atoms with Gasteiger partial charge in [0.25, 0.3) is 0 Å². The predicted octanol–water partition coefficient (Wildman–Crippen LogP) is 1.10. The first-order valence-electron chi connectivity index (χ1n) is 5.74. The molecule has 0 saturated heterocycles. The fourth-order valence-corrected chi connectivity index (χ4v) is 2.70. The van der Waals surface area contributed by atoms with Gasteiger partial charge in [-0.2, -0.15) is 0 Å². The molecule has 0 fully saturated rings. The van der Waals surface area contributed by atoms with E-state index >= 15 is 0 Å². The zero-order valence-electron chi connectivity index (χ0n) is 10.3. The second-order valence-electron chi connectivity index (χ2n) is 4.25. The number of hydrogen-bond acceptors (Lipinski definition) is 3. The molecule has 2 N–H and O–H groups in total. The monoisotopic (exact) mass is 256 g/mol. The maximum Gasteiger partial charge on any atom is 0.213 e. The molecule has 1 rings (SSSR count). The highest BCUT2D eigenvalue weighted by molar-refractivity contribution is 7.89. The van der Waals surface area contributed by atoms with Crippen LogP contribution in [0, 0.1) is 0 Å². The van der Waals surface area contributed by atoms with Crippen molar-refractivity contribution in [1.29, 1.82) is 0 Å². The number of sulfonamides is 1. The first kappa shape index (κ1) is 14.2. The zero-order chi connectivity index (χ0) is 12.7. The van der Waals surface area contributed by atoms with Gasteiger partial charge in [0, 0.05) is 19.1 Å². The molecular formula is C12H20N2O2S. The highest BCUT2D eigenvalue weighted by Crippen LogP contribution is 1.97. The van der Waals surface area contributed by atoms with E-state index in [1.807, 2.05) is 44.2 Å². The van der Waals surface area contributed by atoms with Crippen LogP contribution in [-0.2, 0) is 16.6 Å². The van der Waals surface area contributed by atoms with Crippen LogP contribution in [0.1, 0.15) is 19.4 Å². The van der Waals surface area contributed by atoms with Crippen LogP contribution in [0.4, 0.5) is 0 Å². The second kappa shape index (κ2) is 6.74. The van der Waals surface area contributed by atoms with E-state index in [2.05, 4.69) is 10.0 Å². The van der Waals surface area contributed by atoms with E-state index in [4.69, 9.17) is 0 Å². The molecule has 17 heavy (non-hydrogen) atoms. The Hall–Kier alpha value is -0.910. The predicted molar refractivity (Wildman–Crippen MR) is 70.2 cm³/mol. The average molecular weight is 256 g/mol. The smallest absolute Gasteiger partial charge is 0.213 e. The van der Waals surface area contributed by atoms with Crippen LogP contribution in [0.5, 0.6) is 0 Å². The van der Waals surface area contributed by atoms with Crippen molar-refractivity contribution in [3.63, 3.8) is 0 Å². The quantitative estimate of drug-likeness (QED) is 0.718. The molecule has 0 radical (unpaired) electrons. The molecule has 0 amide bonds. The summed E-state index contributed by atoms with van der Waals surface area (Å²) in [7, 11) is -3.15. The Kier molecular flexibility index (Phi) is 5.61. The van der Waals surface area contributed by atoms with Crippen LogP contribution < -0.4 is 10.0 Å². The van der Waals surface area contributed by atoms with Crippen LogP contribution in [0.2, 0.25) is 0 Å². The Morgan fingerprint density at radius 3 is 2.41 bits per heavy atom. The van der Waals surface area contributed by atoms with Crippen molar-refractivity contribution in [3.8, 4) is 0 Å². The number of rotatable bonds is 7. The molecule has 0 saturated carbocycles. The molecule has 0 aliphatic rings. The van der Waals surface area contributed by atoms with Gasteiger partial charge in [0.2, 0.25) is 10.0 Å². The topological polar surface area (TPSA) is 58.2 Å². The van der Waals surface area contributed by atoms with Crippen molar-refractivity contribution in [1.82, 2.24) is 10.0 Å². The summed E-state index contributed by atoms with van der Waals surface area (Å²) in [5.41, 5.74) is 1.15. The van der Waals surface area contributed by atoms with Crippen molar-refractivity contribution >= 4 is 10.0 Å². The van der Waals surface area contributed by atoms with E-state index in [1.165, 1.54) is 0 Å². The molecule has 5 heteroatoms. The van der Waals surface area contributed by atoms with E-state index in [0.29, 0.717) is 13.1 Å². The molecule has 0 bridgehead atoms. The molecule has 1 aromatic rings. The number of hydrogen-bond donors (Lipinski definition) is 2. The van der Waals surface area contributed by atoms with Crippen molar-refractivity contribution in [2.75, 3.05) is 12.3 Å². The average Bonchev–Trinajstić information content (AvgIpc) is 2.24. The molecule has 0 spiro atoms. The fourth-order valence-electron chi connectivity index (χ4n) is 1.45. The molecule has 0 atom stereocenters. The van der Waals surface area contributed by atoms with E-state index in [0.717, 1.165) is 5.56 Å². The minimum atomic E-state index is -3.15. The van der Waals surface area contributed by atoms with Crippen LogP contribution in [0.15, 0.2) is 30.3 Å². The summed E-state index contributed by atoms with van der Waals surface area (Å²) >= 11 is 0. The standard InChI is InChI=1S/C12H20N2O2S/c1-11(2)14-17(15,16)9-8-13-10-12-6-4-3-5-7-12/h3-7,11,13-14H,8-10H2,1-2H3. The normalized spacial score (nSPS) is 11.9. The summed E-state index contributed by atoms with van der Waals surface area (Å²) < 4.78 is 25.6. The van der Waals surface area contributed by atoms with Gasteiger partial charge in [-0.1, -0.05) is 30.3 Å². The minimum Gasteiger partial charge on any atom is -0.312 e. The lowest BCUT2D eigenvalue weighted by Gasteiger charge is -2.10. The van der Waals surface area contributed by atoms with Crippen molar-refractivity contribution < 1.29 is 8.42 Å². The Bertz CT molecular complexity index is 415. The van der Waals surface area contributed by atoms with Gasteiger partial charge in [0.1, 0.15) is 0 Å². The summed E-state index contributed by atoms with van der Waals surface area (Å²) in [6, 6.07) is 9.86. The third kappa shape index (κ3) is 6.41. The van der Waals surface area contributed by atoms with E-state index in [1.54, 1.807) is 0 Å². The van der Waals surface area contributed by atoms with Gasteiger partial charge >= 0.3 is 0 Å². The summed E-state index contributed by atoms with van der Waals surface area (Å²) in [6.45, 7) is 4.78. The summed E-state index contributed by atoms with van der Waals surface area (Å²) in [4.78, 5) is 0. The second-order valence-corrected chi connectivity index (χ2v) is 6.13. The van der Waals surface area contributed by atoms with Gasteiger partial charge in [-0.25, -0.2) is 13.1 Å². The van der Waals surface area contributed by atoms with Crippen molar-refractivity contribution in [2.45, 2.75) is 26.4 Å². The molecule has 0 heterocycles. The van der Waals surface area contributed by atoms with Gasteiger partial charge in [0.15, 0.2) is 0 Å². The fraction of sp³-hybridized carbons (Fsp3) is 0.500. The largest absolute Gasteiger partial charge is 0.312 e. The van der Waals surface area contributed by atoms with Crippen LogP contribution in [-0.4, -0.2) is 26.8 Å². The first-order chi connectivity index (χ1) is 7.99. The van der Waals surface area contributed by atoms with E-state index < -0.39 is 10.0 Å². The molecule has 0 aliphatic carbocycles. The lowest BCUT2D eigenvalue weighted by molar-refractivity contribution is 0.565. The molecule has 0 aromatic heterocycles. The number of nitrogens with one attached hydrogen (secondary N) is 2. The van der Waals surface area contributed by atoms with Gasteiger partial charge in [0.05, 0.1) is 5.75 Å². The van der Waals surface area contributed by atoms with Gasteiger partial charge in [-0.15, -0.1) is 0 Å². The van der Waals surface area contributed by atoms with Gasteiger partial charge in [-0.05, 0) is 19.4 Å². The highest BCUT2D eigenvalue weighted by atomic mass is 32.2. The SMILES string of the molecule is CC(C)NS(=O)(=O)CCNCc1ccccc1. The molecule has 1 aromatic carbocycles. The lowest BCUT2D eigenvalue weighted by Crippen LogP contribution is -2.35. The van der Waals surface area contributed by atoms with E-state index in [-0.39, 0.29) is 11.8 Å². The Balaban J connectivity index is 2.25. The molecule has 4 nitrogen and oxygen atoms in total. The van der Waals surface area contributed by atoms with Crippen LogP contribution in [0.3, 0.4) is 0 Å². The molecule has 96 valence electrons. The molecular weight excluding hydrogens is 236 g/mol. The summed E-state index contributed by atoms with van der Waals surface area (Å²) in [6.07, 6.45) is 0. The van der Waals surface area contributed by atoms with Crippen molar-refractivity contribution in [3.05, 3.63) is 35.9 Å². The summed E-state index contributed by atoms with van der Waals surface area (Å²) in [5.74, 6) is 0.109. The minimum absolute atomic E-state index is 0.0471. The molecule has 0 unspecified atom stereocenters. The third-order valence-electron chi connectivity index (χ3n) is 2.13. The van der Waals surface area contributed by atoms with Gasteiger partial charge < -0.3 is 5.32 Å². The lowest BCUT2D eigenvalue weighted by atomic mass is 10.2. The summed E-state index contributed by atoms with van der Waals surface area (Å²) in [5, 5.41) is 3.11. The van der Waals surface area contributed by atoms with Gasteiger partial charge in [-0.3, -0.25) is 0 Å². The van der Waals surface area contributed by atoms with Crippen LogP contribution >= 0.6 is 0 Å². The Morgan fingerprint density at radius 1 is 1.18 bits per heavy atom. The molecule has 0 aliphatic heterocycles. The number of benzene rings is 1. The van der Waals surface area contributed by atoms with Crippen molar-refractivity contribution in [2.24, 2.45) is 0 Å². The third-order valence-corrected chi connectivity index (χ3v) is 3.71.